The van der Waals surface area contributed by atoms with E-state index in [0.717, 1.165) is 0 Å². The molecule has 0 spiro atoms. The van der Waals surface area contributed by atoms with Crippen molar-refractivity contribution in [3.8, 4) is 0 Å². The molecule has 0 atom stereocenters. The molecule has 0 bridgehead atoms. The molecule has 11 nitrogen and oxygen atoms in total. The summed E-state index contributed by atoms with van der Waals surface area (Å²) in [5.74, 6) is -4.49. The van der Waals surface area contributed by atoms with Crippen LogP contribution in [0.3, 0.4) is 0 Å². The fourth-order valence-corrected chi connectivity index (χ4v) is 1.83. The van der Waals surface area contributed by atoms with Gasteiger partial charge in [-0.2, -0.15) is 0 Å². The first-order valence-corrected chi connectivity index (χ1v) is 8.69. The van der Waals surface area contributed by atoms with Crippen molar-refractivity contribution in [3.63, 3.8) is 0 Å². The minimum Gasteiger partial charge on any atom is -0.481 e. The molecule has 11 heteroatoms. The van der Waals surface area contributed by atoms with Crippen molar-refractivity contribution < 1.29 is 48.4 Å². The zero-order chi connectivity index (χ0) is 21.5. The molecule has 0 aliphatic carbocycles. The maximum absolute atomic E-state index is 11.9. The second-order valence-electron chi connectivity index (χ2n) is 6.17. The zero-order valence-electron chi connectivity index (χ0n) is 16.0. The van der Waals surface area contributed by atoms with E-state index >= 15 is 0 Å². The van der Waals surface area contributed by atoms with Gasteiger partial charge >= 0.3 is 29.8 Å². The predicted molar refractivity (Wildman–Crippen MR) is 93.3 cm³/mol. The van der Waals surface area contributed by atoms with Gasteiger partial charge in [-0.1, -0.05) is 0 Å². The minimum atomic E-state index is -1.16. The first-order valence-electron chi connectivity index (χ1n) is 8.69. The van der Waals surface area contributed by atoms with Crippen molar-refractivity contribution in [1.29, 1.82) is 0 Å². The molecule has 0 rings (SSSR count). The summed E-state index contributed by atoms with van der Waals surface area (Å²) in [5.41, 5.74) is 0. The van der Waals surface area contributed by atoms with Crippen LogP contribution in [0.5, 0.6) is 0 Å². The minimum absolute atomic E-state index is 0.106. The number of nitrogens with zero attached hydrogens (tertiary/aromatic N) is 1. The monoisotopic (exact) mass is 405 g/mol. The van der Waals surface area contributed by atoms with Gasteiger partial charge in [0.2, 0.25) is 0 Å². The van der Waals surface area contributed by atoms with Gasteiger partial charge < -0.3 is 29.3 Å². The van der Waals surface area contributed by atoms with E-state index in [0.29, 0.717) is 13.0 Å². The van der Waals surface area contributed by atoms with E-state index < -0.39 is 62.0 Å². The van der Waals surface area contributed by atoms with E-state index in [-0.39, 0.29) is 19.3 Å². The molecule has 28 heavy (non-hydrogen) atoms. The van der Waals surface area contributed by atoms with Crippen LogP contribution in [0.4, 0.5) is 0 Å². The van der Waals surface area contributed by atoms with Gasteiger partial charge in [-0.3, -0.25) is 24.0 Å². The van der Waals surface area contributed by atoms with Gasteiger partial charge in [0.25, 0.3) is 0 Å². The SMILES string of the molecule is CN(C)CCCC(=O)OC(COC(=O)CCC(=O)O)COC(=O)CCC(=O)O. The molecule has 0 aliphatic heterocycles. The maximum Gasteiger partial charge on any atom is 0.306 e. The first-order chi connectivity index (χ1) is 13.1. The van der Waals surface area contributed by atoms with E-state index in [1.54, 1.807) is 0 Å². The highest BCUT2D eigenvalue weighted by Gasteiger charge is 2.20. The van der Waals surface area contributed by atoms with Crippen molar-refractivity contribution in [2.45, 2.75) is 44.6 Å². The fraction of sp³-hybridized carbons (Fsp3) is 0.706. The van der Waals surface area contributed by atoms with Crippen LogP contribution in [0.15, 0.2) is 0 Å². The Morgan fingerprint density at radius 3 is 1.61 bits per heavy atom. The van der Waals surface area contributed by atoms with E-state index in [1.807, 2.05) is 19.0 Å². The summed E-state index contributed by atoms with van der Waals surface area (Å²) in [7, 11) is 3.70. The molecule has 160 valence electrons. The van der Waals surface area contributed by atoms with Gasteiger partial charge in [0.15, 0.2) is 6.10 Å². The van der Waals surface area contributed by atoms with Gasteiger partial charge in [-0.25, -0.2) is 0 Å². The van der Waals surface area contributed by atoms with Crippen LogP contribution >= 0.6 is 0 Å². The summed E-state index contributed by atoms with van der Waals surface area (Å²) in [5, 5.41) is 17.1. The average molecular weight is 405 g/mol. The Kier molecular flexibility index (Phi) is 13.0. The molecule has 0 heterocycles. The van der Waals surface area contributed by atoms with Gasteiger partial charge in [0, 0.05) is 6.42 Å². The summed E-state index contributed by atoms with van der Waals surface area (Å²) >= 11 is 0. The number of hydrogen-bond donors (Lipinski definition) is 2. The number of carboxylic acid groups (broad SMARTS) is 2. The number of rotatable bonds is 15. The third kappa shape index (κ3) is 15.6. The number of hydrogen-bond acceptors (Lipinski definition) is 9. The van der Waals surface area contributed by atoms with Crippen molar-refractivity contribution in [2.75, 3.05) is 33.9 Å². The Morgan fingerprint density at radius 2 is 1.21 bits per heavy atom. The highest BCUT2D eigenvalue weighted by atomic mass is 16.6. The summed E-state index contributed by atoms with van der Waals surface area (Å²) in [4.78, 5) is 57.6. The topological polar surface area (TPSA) is 157 Å². The van der Waals surface area contributed by atoms with E-state index in [2.05, 4.69) is 0 Å². The van der Waals surface area contributed by atoms with Gasteiger partial charge in [-0.15, -0.1) is 0 Å². The van der Waals surface area contributed by atoms with Crippen molar-refractivity contribution in [2.24, 2.45) is 0 Å². The number of esters is 3. The smallest absolute Gasteiger partial charge is 0.306 e. The van der Waals surface area contributed by atoms with E-state index in [4.69, 9.17) is 24.4 Å². The number of carboxylic acids is 2. The summed E-state index contributed by atoms with van der Waals surface area (Å²) in [6.45, 7) is -0.164. The third-order valence-corrected chi connectivity index (χ3v) is 3.23. The van der Waals surface area contributed by atoms with Crippen LogP contribution in [0, 0.1) is 0 Å². The van der Waals surface area contributed by atoms with Crippen molar-refractivity contribution in [3.05, 3.63) is 0 Å². The van der Waals surface area contributed by atoms with Gasteiger partial charge in [-0.05, 0) is 27.1 Å². The van der Waals surface area contributed by atoms with E-state index in [9.17, 15) is 24.0 Å². The Morgan fingerprint density at radius 1 is 0.750 bits per heavy atom. The van der Waals surface area contributed by atoms with Crippen molar-refractivity contribution >= 4 is 29.8 Å². The van der Waals surface area contributed by atoms with Crippen LogP contribution in [-0.2, 0) is 38.2 Å². The van der Waals surface area contributed by atoms with Crippen molar-refractivity contribution in [1.82, 2.24) is 4.90 Å². The molecule has 0 amide bonds. The Balaban J connectivity index is 4.52. The molecule has 0 aromatic carbocycles. The molecule has 2 N–H and O–H groups in total. The Bertz CT molecular complexity index is 512. The quantitative estimate of drug-likeness (QED) is 0.280. The van der Waals surface area contributed by atoms with Gasteiger partial charge in [0.1, 0.15) is 13.2 Å². The fourth-order valence-electron chi connectivity index (χ4n) is 1.83. The summed E-state index contributed by atoms with van der Waals surface area (Å²) in [6, 6.07) is 0. The van der Waals surface area contributed by atoms with Crippen LogP contribution in [-0.4, -0.2) is 84.9 Å². The molecule has 0 radical (unpaired) electrons. The molecule has 0 aliphatic rings. The lowest BCUT2D eigenvalue weighted by Gasteiger charge is -2.18. The van der Waals surface area contributed by atoms with Crippen LogP contribution < -0.4 is 0 Å². The van der Waals surface area contributed by atoms with Crippen LogP contribution in [0.25, 0.3) is 0 Å². The first kappa shape index (κ1) is 25.3. The van der Waals surface area contributed by atoms with Gasteiger partial charge in [0.05, 0.1) is 25.7 Å². The Labute approximate surface area is 162 Å². The molecule has 0 unspecified atom stereocenters. The number of carbonyl (C=O) groups excluding carboxylic acids is 3. The number of ether oxygens (including phenoxy) is 3. The molecule has 0 fully saturated rings. The highest BCUT2D eigenvalue weighted by Crippen LogP contribution is 2.04. The highest BCUT2D eigenvalue weighted by molar-refractivity contribution is 5.77. The summed E-state index contributed by atoms with van der Waals surface area (Å²) < 4.78 is 14.9. The lowest BCUT2D eigenvalue weighted by atomic mass is 10.3. The number of aliphatic carboxylic acids is 2. The van der Waals surface area contributed by atoms with Crippen LogP contribution in [0.2, 0.25) is 0 Å². The third-order valence-electron chi connectivity index (χ3n) is 3.23. The molecule has 0 aromatic rings. The molecule has 0 aromatic heterocycles. The second-order valence-corrected chi connectivity index (χ2v) is 6.17. The predicted octanol–water partition coefficient (Wildman–Crippen LogP) is 0.0560. The Hall–Kier alpha value is -2.69. The van der Waals surface area contributed by atoms with Crippen LogP contribution in [0.1, 0.15) is 38.5 Å². The molecular formula is C17H27NO10. The second kappa shape index (κ2) is 14.4. The zero-order valence-corrected chi connectivity index (χ0v) is 16.0. The molecule has 0 saturated carbocycles. The molecule has 0 saturated heterocycles. The lowest BCUT2D eigenvalue weighted by Crippen LogP contribution is -2.31. The normalized spacial score (nSPS) is 10.6. The maximum atomic E-state index is 11.9. The summed E-state index contributed by atoms with van der Waals surface area (Å²) in [6.07, 6.45) is -1.94. The average Bonchev–Trinajstić information content (AvgIpc) is 2.59. The largest absolute Gasteiger partial charge is 0.481 e. The number of carbonyl (C=O) groups is 5. The molecular weight excluding hydrogens is 378 g/mol. The standard InChI is InChI=1S/C17H27NO10/c1-18(2)9-3-4-17(25)28-12(10-26-15(23)7-5-13(19)20)11-27-16(24)8-6-14(21)22/h12H,3-11H2,1-2H3,(H,19,20)(H,21,22). The van der Waals surface area contributed by atoms with E-state index in [1.165, 1.54) is 0 Å². The lowest BCUT2D eigenvalue weighted by molar-refractivity contribution is -0.167.